The highest BCUT2D eigenvalue weighted by atomic mass is 32.2. The number of hydrogen-bond acceptors (Lipinski definition) is 11. The lowest BCUT2D eigenvalue weighted by Gasteiger charge is -2.31. The van der Waals surface area contributed by atoms with Crippen LogP contribution in [0.2, 0.25) is 0 Å². The summed E-state index contributed by atoms with van der Waals surface area (Å²) in [5.74, 6) is 0.597. The molecule has 1 aliphatic rings. The summed E-state index contributed by atoms with van der Waals surface area (Å²) in [6.07, 6.45) is 8.33. The van der Waals surface area contributed by atoms with Crippen molar-refractivity contribution in [3.8, 4) is 0 Å². The molecule has 1 aromatic carbocycles. The SMILES string of the molecule is CCCCN(CCO)c1nc(N)nc(C=NCc2ccc(CN[C@@H]3CCCN(S(C)(=O)=O)C3)c3cccnc23)c1N. The van der Waals surface area contributed by atoms with E-state index >= 15 is 0 Å². The van der Waals surface area contributed by atoms with Crippen LogP contribution >= 0.6 is 0 Å². The van der Waals surface area contributed by atoms with E-state index in [0.717, 1.165) is 47.7 Å². The van der Waals surface area contributed by atoms with Gasteiger partial charge in [-0.2, -0.15) is 4.98 Å². The molecule has 13 heteroatoms. The van der Waals surface area contributed by atoms with E-state index in [1.807, 2.05) is 23.1 Å². The van der Waals surface area contributed by atoms with Crippen LogP contribution in [-0.2, 0) is 23.1 Å². The standard InChI is InChI=1S/C28H41N9O3S/c1-3-4-12-36(14-15-38)27-25(29)24(34-28(30)35-27)18-31-16-21-10-9-20(23-8-5-11-32-26(21)23)17-33-22-7-6-13-37(19-22)41(2,39)40/h5,8-11,18,22,33,38H,3-4,6-7,12-17,19,29H2,1-2H3,(H2,30,34,35)/t22-/m1/s1. The van der Waals surface area contributed by atoms with Crippen molar-refractivity contribution in [2.75, 3.05) is 55.4 Å². The van der Waals surface area contributed by atoms with Crippen molar-refractivity contribution in [3.05, 3.63) is 47.3 Å². The van der Waals surface area contributed by atoms with Crippen molar-refractivity contribution in [2.24, 2.45) is 4.99 Å². The van der Waals surface area contributed by atoms with Crippen molar-refractivity contribution in [2.45, 2.75) is 51.7 Å². The Bertz CT molecular complexity index is 1470. The van der Waals surface area contributed by atoms with Crippen molar-refractivity contribution in [3.63, 3.8) is 0 Å². The number of benzene rings is 1. The summed E-state index contributed by atoms with van der Waals surface area (Å²) in [6.45, 7) is 5.19. The molecule has 3 aromatic rings. The smallest absolute Gasteiger partial charge is 0.222 e. The minimum absolute atomic E-state index is 0.0260. The van der Waals surface area contributed by atoms with Crippen LogP contribution in [0.1, 0.15) is 49.4 Å². The van der Waals surface area contributed by atoms with E-state index in [9.17, 15) is 13.5 Å². The van der Waals surface area contributed by atoms with Crippen LogP contribution in [0.3, 0.4) is 0 Å². The van der Waals surface area contributed by atoms with E-state index in [0.29, 0.717) is 56.5 Å². The van der Waals surface area contributed by atoms with Crippen molar-refractivity contribution in [1.82, 2.24) is 24.6 Å². The van der Waals surface area contributed by atoms with Gasteiger partial charge in [0.05, 0.1) is 24.9 Å². The number of rotatable bonds is 13. The lowest BCUT2D eigenvalue weighted by molar-refractivity contribution is 0.284. The fourth-order valence-corrected chi connectivity index (χ4v) is 6.00. The average molecular weight is 584 g/mol. The monoisotopic (exact) mass is 583 g/mol. The summed E-state index contributed by atoms with van der Waals surface area (Å²) >= 11 is 0. The number of aliphatic hydroxyl groups excluding tert-OH is 1. The van der Waals surface area contributed by atoms with Gasteiger partial charge in [-0.05, 0) is 36.5 Å². The van der Waals surface area contributed by atoms with Gasteiger partial charge in [0.15, 0.2) is 5.82 Å². The number of nitrogens with zero attached hydrogens (tertiary/aromatic N) is 6. The molecule has 12 nitrogen and oxygen atoms in total. The molecular weight excluding hydrogens is 542 g/mol. The molecular formula is C28H41N9O3S. The summed E-state index contributed by atoms with van der Waals surface area (Å²) in [5.41, 5.74) is 16.1. The number of aliphatic imine (C=N–C) groups is 1. The van der Waals surface area contributed by atoms with Crippen LogP contribution < -0.4 is 21.7 Å². The van der Waals surface area contributed by atoms with Crippen LogP contribution in [0.15, 0.2) is 35.5 Å². The molecule has 4 rings (SSSR count). The molecule has 0 saturated carbocycles. The zero-order valence-electron chi connectivity index (χ0n) is 23.8. The molecule has 0 aliphatic carbocycles. The first-order valence-corrected chi connectivity index (χ1v) is 15.9. The molecule has 1 fully saturated rings. The molecule has 222 valence electrons. The maximum absolute atomic E-state index is 12.0. The number of nitrogens with two attached hydrogens (primary N) is 2. The van der Waals surface area contributed by atoms with Gasteiger partial charge in [-0.1, -0.05) is 31.5 Å². The fourth-order valence-electron chi connectivity index (χ4n) is 5.09. The predicted octanol–water partition coefficient (Wildman–Crippen LogP) is 1.92. The predicted molar refractivity (Wildman–Crippen MR) is 164 cm³/mol. The summed E-state index contributed by atoms with van der Waals surface area (Å²) in [7, 11) is -3.19. The quantitative estimate of drug-likeness (QED) is 0.217. The van der Waals surface area contributed by atoms with Crippen molar-refractivity contribution < 1.29 is 13.5 Å². The Labute approximate surface area is 241 Å². The van der Waals surface area contributed by atoms with Crippen LogP contribution in [0.5, 0.6) is 0 Å². The van der Waals surface area contributed by atoms with E-state index in [-0.39, 0.29) is 18.6 Å². The molecule has 2 aromatic heterocycles. The van der Waals surface area contributed by atoms with Gasteiger partial charge in [0.1, 0.15) is 11.4 Å². The Balaban J connectivity index is 1.50. The van der Waals surface area contributed by atoms with Crippen LogP contribution in [0.25, 0.3) is 10.9 Å². The molecule has 0 unspecified atom stereocenters. The number of nitrogens with one attached hydrogen (secondary N) is 1. The van der Waals surface area contributed by atoms with Gasteiger partial charge in [-0.3, -0.25) is 9.98 Å². The van der Waals surface area contributed by atoms with Gasteiger partial charge in [-0.25, -0.2) is 17.7 Å². The van der Waals surface area contributed by atoms with Crippen molar-refractivity contribution >= 4 is 44.6 Å². The number of anilines is 3. The lowest BCUT2D eigenvalue weighted by atomic mass is 10.0. The highest BCUT2D eigenvalue weighted by Gasteiger charge is 2.25. The summed E-state index contributed by atoms with van der Waals surface area (Å²) in [5, 5.41) is 14.1. The molecule has 3 heterocycles. The van der Waals surface area contributed by atoms with Crippen molar-refractivity contribution in [1.29, 1.82) is 0 Å². The van der Waals surface area contributed by atoms with Gasteiger partial charge in [0.25, 0.3) is 0 Å². The first-order valence-electron chi connectivity index (χ1n) is 14.0. The molecule has 6 N–H and O–H groups in total. The van der Waals surface area contributed by atoms with Gasteiger partial charge in [-0.15, -0.1) is 0 Å². The van der Waals surface area contributed by atoms with E-state index in [4.69, 9.17) is 11.5 Å². The molecule has 0 bridgehead atoms. The van der Waals surface area contributed by atoms with Gasteiger partial charge < -0.3 is 26.8 Å². The lowest BCUT2D eigenvalue weighted by Crippen LogP contribution is -2.47. The number of fused-ring (bicyclic) bond motifs is 1. The highest BCUT2D eigenvalue weighted by molar-refractivity contribution is 7.88. The molecule has 1 saturated heterocycles. The number of aromatic nitrogens is 3. The topological polar surface area (TPSA) is 176 Å². The number of hydrogen-bond donors (Lipinski definition) is 4. The second kappa shape index (κ2) is 14.0. The Morgan fingerprint density at radius 1 is 1.22 bits per heavy atom. The molecule has 0 spiro atoms. The zero-order chi connectivity index (χ0) is 29.4. The minimum Gasteiger partial charge on any atom is -0.395 e. The summed E-state index contributed by atoms with van der Waals surface area (Å²) in [6, 6.07) is 8.13. The number of nitrogen functional groups attached to an aromatic ring is 2. The Kier molecular flexibility index (Phi) is 10.4. The van der Waals surface area contributed by atoms with Crippen LogP contribution in [0, 0.1) is 0 Å². The molecule has 41 heavy (non-hydrogen) atoms. The highest BCUT2D eigenvalue weighted by Crippen LogP contribution is 2.25. The normalized spacial score (nSPS) is 16.5. The Hall–Kier alpha value is -3.39. The first kappa shape index (κ1) is 30.6. The Morgan fingerprint density at radius 2 is 2.02 bits per heavy atom. The fraction of sp³-hybridized carbons (Fsp3) is 0.500. The number of sulfonamides is 1. The maximum Gasteiger partial charge on any atom is 0.222 e. The largest absolute Gasteiger partial charge is 0.395 e. The van der Waals surface area contributed by atoms with Gasteiger partial charge >= 0.3 is 0 Å². The van der Waals surface area contributed by atoms with Gasteiger partial charge in [0, 0.05) is 56.6 Å². The molecule has 1 aliphatic heterocycles. The van der Waals surface area contributed by atoms with Gasteiger partial charge in [0.2, 0.25) is 16.0 Å². The van der Waals surface area contributed by atoms with E-state index < -0.39 is 10.0 Å². The van der Waals surface area contributed by atoms with E-state index in [2.05, 4.69) is 38.3 Å². The second-order valence-corrected chi connectivity index (χ2v) is 12.3. The third kappa shape index (κ3) is 7.88. The molecule has 0 amide bonds. The van der Waals surface area contributed by atoms with E-state index in [1.165, 1.54) is 6.26 Å². The third-order valence-corrected chi connectivity index (χ3v) is 8.55. The number of unbranched alkanes of at least 4 members (excludes halogenated alkanes) is 1. The van der Waals surface area contributed by atoms with E-state index in [1.54, 1.807) is 16.7 Å². The summed E-state index contributed by atoms with van der Waals surface area (Å²) < 4.78 is 25.5. The third-order valence-electron chi connectivity index (χ3n) is 7.28. The zero-order valence-corrected chi connectivity index (χ0v) is 24.6. The number of piperidine rings is 1. The summed E-state index contributed by atoms with van der Waals surface area (Å²) in [4.78, 5) is 19.8. The second-order valence-electron chi connectivity index (χ2n) is 10.4. The maximum atomic E-state index is 12.0. The molecule has 0 radical (unpaired) electrons. The minimum atomic E-state index is -3.19. The average Bonchev–Trinajstić information content (AvgIpc) is 2.96. The first-order chi connectivity index (χ1) is 19.7. The molecule has 1 atom stereocenters. The van der Waals surface area contributed by atoms with Crippen LogP contribution in [0.4, 0.5) is 17.5 Å². The Morgan fingerprint density at radius 3 is 2.78 bits per heavy atom. The number of pyridine rings is 1. The number of aliphatic hydroxyl groups is 1. The van der Waals surface area contributed by atoms with Crippen LogP contribution in [-0.4, -0.2) is 84.1 Å².